The molecule has 2 aromatic rings. The van der Waals surface area contributed by atoms with Crippen molar-refractivity contribution in [1.82, 2.24) is 4.90 Å². The number of carbonyl (C=O) groups is 1. The van der Waals surface area contributed by atoms with Gasteiger partial charge in [0.15, 0.2) is 9.84 Å². The molecule has 1 amide bonds. The lowest BCUT2D eigenvalue weighted by atomic mass is 9.90. The Balaban J connectivity index is 1.58. The minimum Gasteiger partial charge on any atom is -0.444 e. The molecule has 0 spiro atoms. The van der Waals surface area contributed by atoms with Crippen LogP contribution in [-0.2, 0) is 33.4 Å². The van der Waals surface area contributed by atoms with E-state index in [2.05, 4.69) is 26.0 Å². The standard InChI is InChI=1S/C24H28ClNO4S/c1-16(2)20-8-4-7-19(11-20)13-26-22-15-31(28,29)14-21(23(22)30-24(26)27)10-17-5-3-6-18(9-17)12-25/h3-9,11,16,21-23H,10,12-15H2,1-2H3/t21-,22+,23+/m1/s1. The van der Waals surface area contributed by atoms with Gasteiger partial charge < -0.3 is 4.74 Å². The third kappa shape index (κ3) is 4.90. The molecule has 2 aromatic carbocycles. The van der Waals surface area contributed by atoms with Gasteiger partial charge in [-0.1, -0.05) is 62.4 Å². The molecule has 7 heteroatoms. The molecule has 4 rings (SSSR count). The Hall–Kier alpha value is -2.05. The smallest absolute Gasteiger partial charge is 0.410 e. The van der Waals surface area contributed by atoms with Gasteiger partial charge in [0, 0.05) is 18.3 Å². The van der Waals surface area contributed by atoms with Crippen molar-refractivity contribution in [2.24, 2.45) is 5.92 Å². The zero-order valence-electron chi connectivity index (χ0n) is 17.8. The first-order valence-electron chi connectivity index (χ1n) is 10.7. The fraction of sp³-hybridized carbons (Fsp3) is 0.458. The highest BCUT2D eigenvalue weighted by molar-refractivity contribution is 7.91. The third-order valence-electron chi connectivity index (χ3n) is 6.22. The molecule has 2 aliphatic heterocycles. The minimum atomic E-state index is -3.29. The summed E-state index contributed by atoms with van der Waals surface area (Å²) in [6, 6.07) is 15.5. The van der Waals surface area contributed by atoms with E-state index in [0.29, 0.717) is 24.8 Å². The van der Waals surface area contributed by atoms with E-state index < -0.39 is 28.1 Å². The highest BCUT2D eigenvalue weighted by Crippen LogP contribution is 2.35. The quantitative estimate of drug-likeness (QED) is 0.593. The van der Waals surface area contributed by atoms with Gasteiger partial charge in [-0.15, -0.1) is 11.6 Å². The Morgan fingerprint density at radius 2 is 1.77 bits per heavy atom. The third-order valence-corrected chi connectivity index (χ3v) is 8.32. The van der Waals surface area contributed by atoms with Crippen LogP contribution in [0.25, 0.3) is 0 Å². The fourth-order valence-corrected chi connectivity index (χ4v) is 6.82. The van der Waals surface area contributed by atoms with Crippen molar-refractivity contribution in [1.29, 1.82) is 0 Å². The lowest BCUT2D eigenvalue weighted by Gasteiger charge is -2.34. The number of ether oxygens (including phenoxy) is 1. The molecule has 0 unspecified atom stereocenters. The number of carbonyl (C=O) groups excluding carboxylic acids is 1. The molecule has 0 saturated carbocycles. The SMILES string of the molecule is CC(C)c1cccc(CN2C(=O)O[C@H]3[C@H](Cc4cccc(CCl)c4)CS(=O)(=O)C[C@@H]32)c1. The molecule has 2 fully saturated rings. The van der Waals surface area contributed by atoms with E-state index in [1.54, 1.807) is 4.90 Å². The molecule has 2 saturated heterocycles. The Bertz CT molecular complexity index is 1070. The van der Waals surface area contributed by atoms with Crippen molar-refractivity contribution in [3.8, 4) is 0 Å². The molecule has 2 heterocycles. The lowest BCUT2D eigenvalue weighted by molar-refractivity contribution is 0.0970. The van der Waals surface area contributed by atoms with Crippen LogP contribution in [0.2, 0.25) is 0 Å². The highest BCUT2D eigenvalue weighted by atomic mass is 35.5. The van der Waals surface area contributed by atoms with Gasteiger partial charge in [0.2, 0.25) is 0 Å². The monoisotopic (exact) mass is 461 g/mol. The first-order valence-corrected chi connectivity index (χ1v) is 13.0. The van der Waals surface area contributed by atoms with Crippen molar-refractivity contribution >= 4 is 27.5 Å². The van der Waals surface area contributed by atoms with Crippen LogP contribution < -0.4 is 0 Å². The van der Waals surface area contributed by atoms with Gasteiger partial charge >= 0.3 is 6.09 Å². The van der Waals surface area contributed by atoms with Gasteiger partial charge in [-0.2, -0.15) is 0 Å². The summed E-state index contributed by atoms with van der Waals surface area (Å²) in [4.78, 5) is 14.4. The lowest BCUT2D eigenvalue weighted by Crippen LogP contribution is -2.51. The Morgan fingerprint density at radius 1 is 1.06 bits per heavy atom. The van der Waals surface area contributed by atoms with Gasteiger partial charge in [0.25, 0.3) is 0 Å². The Labute approximate surface area is 189 Å². The van der Waals surface area contributed by atoms with Gasteiger partial charge in [-0.3, -0.25) is 4.90 Å². The predicted octanol–water partition coefficient (Wildman–Crippen LogP) is 4.53. The number of nitrogens with zero attached hydrogens (tertiary/aromatic N) is 1. The summed E-state index contributed by atoms with van der Waals surface area (Å²) in [5, 5.41) is 0. The highest BCUT2D eigenvalue weighted by Gasteiger charge is 2.51. The average molecular weight is 462 g/mol. The molecule has 3 atom stereocenters. The summed E-state index contributed by atoms with van der Waals surface area (Å²) in [7, 11) is -3.29. The summed E-state index contributed by atoms with van der Waals surface area (Å²) in [5.41, 5.74) is 4.18. The molecule has 0 aliphatic carbocycles. The largest absolute Gasteiger partial charge is 0.444 e. The summed E-state index contributed by atoms with van der Waals surface area (Å²) >= 11 is 5.95. The minimum absolute atomic E-state index is 0.0310. The number of hydrogen-bond acceptors (Lipinski definition) is 4. The summed E-state index contributed by atoms with van der Waals surface area (Å²) < 4.78 is 31.3. The second-order valence-electron chi connectivity index (χ2n) is 8.94. The summed E-state index contributed by atoms with van der Waals surface area (Å²) in [6.45, 7) is 4.60. The topological polar surface area (TPSA) is 63.7 Å². The van der Waals surface area contributed by atoms with Gasteiger partial charge in [0.05, 0.1) is 17.5 Å². The Morgan fingerprint density at radius 3 is 2.52 bits per heavy atom. The number of benzene rings is 2. The summed E-state index contributed by atoms with van der Waals surface area (Å²) in [6.07, 6.45) is -0.319. The van der Waals surface area contributed by atoms with Crippen LogP contribution in [0.1, 0.15) is 42.0 Å². The van der Waals surface area contributed by atoms with Crippen molar-refractivity contribution in [2.75, 3.05) is 11.5 Å². The second-order valence-corrected chi connectivity index (χ2v) is 11.4. The maximum Gasteiger partial charge on any atom is 0.410 e. The normalized spacial score (nSPS) is 24.8. The van der Waals surface area contributed by atoms with E-state index in [9.17, 15) is 13.2 Å². The second kappa shape index (κ2) is 8.83. The number of rotatable bonds is 6. The van der Waals surface area contributed by atoms with Crippen molar-refractivity contribution in [2.45, 2.75) is 50.8 Å². The summed E-state index contributed by atoms with van der Waals surface area (Å²) in [5.74, 6) is 0.488. The average Bonchev–Trinajstić information content (AvgIpc) is 3.03. The van der Waals surface area contributed by atoms with E-state index in [1.165, 1.54) is 5.56 Å². The zero-order valence-corrected chi connectivity index (χ0v) is 19.4. The zero-order chi connectivity index (χ0) is 22.2. The molecular weight excluding hydrogens is 434 g/mol. The van der Waals surface area contributed by atoms with Gasteiger partial charge in [-0.25, -0.2) is 13.2 Å². The van der Waals surface area contributed by atoms with Crippen LogP contribution in [0.5, 0.6) is 0 Å². The van der Waals surface area contributed by atoms with E-state index in [1.807, 2.05) is 36.4 Å². The van der Waals surface area contributed by atoms with E-state index in [4.69, 9.17) is 16.3 Å². The van der Waals surface area contributed by atoms with Crippen molar-refractivity contribution in [3.05, 3.63) is 70.8 Å². The van der Waals surface area contributed by atoms with E-state index in [0.717, 1.165) is 16.7 Å². The Kier molecular flexibility index (Phi) is 6.31. The maximum atomic E-state index is 12.8. The number of fused-ring (bicyclic) bond motifs is 1. The molecular formula is C24H28ClNO4S. The molecule has 166 valence electrons. The number of halogens is 1. The molecule has 5 nitrogen and oxygen atoms in total. The molecule has 0 bridgehead atoms. The number of alkyl halides is 1. The van der Waals surface area contributed by atoms with Crippen LogP contribution in [-0.4, -0.2) is 43.1 Å². The van der Waals surface area contributed by atoms with Crippen molar-refractivity contribution in [3.63, 3.8) is 0 Å². The van der Waals surface area contributed by atoms with Crippen molar-refractivity contribution < 1.29 is 17.9 Å². The van der Waals surface area contributed by atoms with Crippen LogP contribution >= 0.6 is 11.6 Å². The number of sulfone groups is 1. The maximum absolute atomic E-state index is 12.8. The molecule has 31 heavy (non-hydrogen) atoms. The van der Waals surface area contributed by atoms with Gasteiger partial charge in [0.1, 0.15) is 6.10 Å². The van der Waals surface area contributed by atoms with Crippen LogP contribution in [0.15, 0.2) is 48.5 Å². The first kappa shape index (κ1) is 22.2. The number of amides is 1. The van der Waals surface area contributed by atoms with Crippen LogP contribution in [0.3, 0.4) is 0 Å². The van der Waals surface area contributed by atoms with Crippen LogP contribution in [0, 0.1) is 5.92 Å². The molecule has 0 radical (unpaired) electrons. The molecule has 0 aromatic heterocycles. The predicted molar refractivity (Wildman–Crippen MR) is 122 cm³/mol. The van der Waals surface area contributed by atoms with Crippen LogP contribution in [0.4, 0.5) is 4.79 Å². The molecule has 2 aliphatic rings. The van der Waals surface area contributed by atoms with Gasteiger partial charge in [-0.05, 0) is 34.6 Å². The molecule has 0 N–H and O–H groups in total. The fourth-order valence-electron chi connectivity index (χ4n) is 4.67. The first-order chi connectivity index (χ1) is 14.8. The van der Waals surface area contributed by atoms with E-state index >= 15 is 0 Å². The van der Waals surface area contributed by atoms with E-state index in [-0.39, 0.29) is 17.4 Å². The number of hydrogen-bond donors (Lipinski definition) is 0.